The van der Waals surface area contributed by atoms with Crippen LogP contribution in [0, 0.1) is 0 Å². The summed E-state index contributed by atoms with van der Waals surface area (Å²) in [5.74, 6) is 1.08. The second-order valence-electron chi connectivity index (χ2n) is 6.82. The highest BCUT2D eigenvalue weighted by atomic mass is 32.2. The number of nitrogens with one attached hydrogen (secondary N) is 1. The van der Waals surface area contributed by atoms with Gasteiger partial charge in [0.25, 0.3) is 0 Å². The van der Waals surface area contributed by atoms with Crippen LogP contribution in [0.25, 0.3) is 11.0 Å². The minimum atomic E-state index is -3.73. The zero-order valence-electron chi connectivity index (χ0n) is 17.1. The predicted molar refractivity (Wildman–Crippen MR) is 124 cm³/mol. The maximum Gasteiger partial charge on any atom is 0.238 e. The zero-order valence-corrected chi connectivity index (χ0v) is 18.8. The van der Waals surface area contributed by atoms with Crippen molar-refractivity contribution in [2.45, 2.75) is 10.1 Å². The molecule has 31 heavy (non-hydrogen) atoms. The lowest BCUT2D eigenvalue weighted by molar-refractivity contribution is 0.598. The van der Waals surface area contributed by atoms with Gasteiger partial charge in [-0.1, -0.05) is 11.8 Å². The van der Waals surface area contributed by atoms with Gasteiger partial charge in [0, 0.05) is 31.7 Å². The average molecular weight is 456 g/mol. The van der Waals surface area contributed by atoms with E-state index in [9.17, 15) is 8.42 Å². The van der Waals surface area contributed by atoms with Crippen molar-refractivity contribution in [2.24, 2.45) is 12.2 Å². The van der Waals surface area contributed by atoms with E-state index in [1.165, 1.54) is 12.1 Å². The van der Waals surface area contributed by atoms with Gasteiger partial charge in [-0.3, -0.25) is 0 Å². The summed E-state index contributed by atoms with van der Waals surface area (Å²) in [7, 11) is 0.192. The van der Waals surface area contributed by atoms with Crippen molar-refractivity contribution in [1.82, 2.24) is 19.5 Å². The van der Waals surface area contributed by atoms with Gasteiger partial charge in [-0.25, -0.2) is 23.5 Å². The molecule has 0 aliphatic carbocycles. The molecular weight excluding hydrogens is 434 g/mol. The number of aryl methyl sites for hydroxylation is 1. The van der Waals surface area contributed by atoms with E-state index in [2.05, 4.69) is 24.8 Å². The number of sulfonamides is 1. The van der Waals surface area contributed by atoms with E-state index < -0.39 is 10.0 Å². The summed E-state index contributed by atoms with van der Waals surface area (Å²) >= 11 is 1.61. The Morgan fingerprint density at radius 3 is 2.52 bits per heavy atom. The highest BCUT2D eigenvalue weighted by molar-refractivity contribution is 7.98. The summed E-state index contributed by atoms with van der Waals surface area (Å²) in [6.45, 7) is 0. The summed E-state index contributed by atoms with van der Waals surface area (Å²) in [4.78, 5) is 15.5. The molecule has 9 nitrogen and oxygen atoms in total. The Morgan fingerprint density at radius 2 is 1.84 bits per heavy atom. The molecule has 0 aliphatic rings. The molecule has 2 aromatic carbocycles. The van der Waals surface area contributed by atoms with Crippen molar-refractivity contribution < 1.29 is 8.42 Å². The maximum atomic E-state index is 11.4. The van der Waals surface area contributed by atoms with E-state index in [1.807, 2.05) is 49.5 Å². The summed E-state index contributed by atoms with van der Waals surface area (Å²) in [6, 6.07) is 14.0. The van der Waals surface area contributed by atoms with E-state index in [0.29, 0.717) is 17.5 Å². The van der Waals surface area contributed by atoms with Gasteiger partial charge < -0.3 is 14.8 Å². The van der Waals surface area contributed by atoms with Crippen LogP contribution in [0.4, 0.5) is 23.1 Å². The molecule has 160 valence electrons. The molecule has 2 heterocycles. The lowest BCUT2D eigenvalue weighted by Crippen LogP contribution is -2.13. The van der Waals surface area contributed by atoms with Gasteiger partial charge in [0.05, 0.1) is 15.9 Å². The van der Waals surface area contributed by atoms with Crippen molar-refractivity contribution in [3.05, 3.63) is 54.7 Å². The SMILES string of the molecule is CSc1nc2cc(N(C)c3ccnc(Nc4ccc(S(N)(=O)=O)cc4)n3)ccc2n1C. The van der Waals surface area contributed by atoms with Crippen LogP contribution in [0.3, 0.4) is 0 Å². The van der Waals surface area contributed by atoms with E-state index in [1.54, 1.807) is 30.1 Å². The van der Waals surface area contributed by atoms with Gasteiger partial charge in [0.2, 0.25) is 16.0 Å². The molecule has 11 heteroatoms. The number of nitrogens with two attached hydrogens (primary N) is 1. The molecule has 0 atom stereocenters. The molecule has 3 N–H and O–H groups in total. The first-order valence-corrected chi connectivity index (χ1v) is 12.0. The lowest BCUT2D eigenvalue weighted by Gasteiger charge is -2.19. The van der Waals surface area contributed by atoms with E-state index in [0.717, 1.165) is 21.9 Å². The summed E-state index contributed by atoms with van der Waals surface area (Å²) in [5.41, 5.74) is 3.57. The first-order valence-electron chi connectivity index (χ1n) is 9.23. The number of imidazole rings is 1. The second-order valence-corrected chi connectivity index (χ2v) is 9.16. The largest absolute Gasteiger partial charge is 0.329 e. The third-order valence-electron chi connectivity index (χ3n) is 4.82. The molecule has 0 radical (unpaired) electrons. The Bertz CT molecular complexity index is 1350. The minimum Gasteiger partial charge on any atom is -0.329 e. The number of benzene rings is 2. The monoisotopic (exact) mass is 455 g/mol. The molecule has 4 rings (SSSR count). The number of fused-ring (bicyclic) bond motifs is 1. The van der Waals surface area contributed by atoms with Crippen LogP contribution < -0.4 is 15.4 Å². The van der Waals surface area contributed by atoms with Crippen molar-refractivity contribution in [3.8, 4) is 0 Å². The Balaban J connectivity index is 1.58. The maximum absolute atomic E-state index is 11.4. The normalized spacial score (nSPS) is 11.6. The topological polar surface area (TPSA) is 119 Å². The molecule has 0 saturated carbocycles. The second kappa shape index (κ2) is 8.17. The van der Waals surface area contributed by atoms with Gasteiger partial charge in [-0.05, 0) is 54.8 Å². The number of hydrogen-bond donors (Lipinski definition) is 2. The fourth-order valence-corrected chi connectivity index (χ4v) is 4.22. The molecule has 2 aromatic heterocycles. The Morgan fingerprint density at radius 1 is 1.10 bits per heavy atom. The highest BCUT2D eigenvalue weighted by Crippen LogP contribution is 2.28. The van der Waals surface area contributed by atoms with Crippen LogP contribution in [0.2, 0.25) is 0 Å². The molecule has 0 spiro atoms. The Labute approximate surface area is 184 Å². The number of primary sulfonamides is 1. The van der Waals surface area contributed by atoms with Crippen LogP contribution in [-0.4, -0.2) is 41.2 Å². The fourth-order valence-electron chi connectivity index (χ4n) is 3.14. The molecule has 0 unspecified atom stereocenters. The summed E-state index contributed by atoms with van der Waals surface area (Å²) in [6.07, 6.45) is 3.66. The Hall–Kier alpha value is -3.15. The number of aromatic nitrogens is 4. The van der Waals surface area contributed by atoms with Gasteiger partial charge in [-0.2, -0.15) is 4.98 Å². The first kappa shape index (κ1) is 21.1. The third kappa shape index (κ3) is 4.33. The van der Waals surface area contributed by atoms with Crippen LogP contribution in [0.5, 0.6) is 0 Å². The smallest absolute Gasteiger partial charge is 0.238 e. The average Bonchev–Trinajstić information content (AvgIpc) is 3.08. The molecule has 0 bridgehead atoms. The van der Waals surface area contributed by atoms with Crippen molar-refractivity contribution in [3.63, 3.8) is 0 Å². The third-order valence-corrected chi connectivity index (χ3v) is 6.48. The number of rotatable bonds is 6. The standard InChI is InChI=1S/C20H21N7O2S2/c1-26(14-6-9-17-16(12-14)24-20(30-3)27(17)2)18-10-11-22-19(25-18)23-13-4-7-15(8-5-13)31(21,28)29/h4-12H,1-3H3,(H2,21,28,29)(H,22,23,25). The summed E-state index contributed by atoms with van der Waals surface area (Å²) < 4.78 is 24.9. The van der Waals surface area contributed by atoms with Crippen LogP contribution in [0.15, 0.2) is 64.8 Å². The molecule has 4 aromatic rings. The lowest BCUT2D eigenvalue weighted by atomic mass is 10.2. The minimum absolute atomic E-state index is 0.0435. The van der Waals surface area contributed by atoms with Crippen LogP contribution in [0.1, 0.15) is 0 Å². The predicted octanol–water partition coefficient (Wildman–Crippen LogP) is 3.24. The highest BCUT2D eigenvalue weighted by Gasteiger charge is 2.12. The van der Waals surface area contributed by atoms with Gasteiger partial charge in [-0.15, -0.1) is 0 Å². The Kier molecular flexibility index (Phi) is 5.56. The van der Waals surface area contributed by atoms with Crippen molar-refractivity contribution in [2.75, 3.05) is 23.5 Å². The van der Waals surface area contributed by atoms with Gasteiger partial charge in [0.15, 0.2) is 5.16 Å². The van der Waals surface area contributed by atoms with E-state index >= 15 is 0 Å². The van der Waals surface area contributed by atoms with Gasteiger partial charge in [0.1, 0.15) is 5.82 Å². The molecule has 0 amide bonds. The molecule has 0 fully saturated rings. The van der Waals surface area contributed by atoms with Crippen molar-refractivity contribution in [1.29, 1.82) is 0 Å². The zero-order chi connectivity index (χ0) is 22.2. The quantitative estimate of drug-likeness (QED) is 0.425. The molecular formula is C20H21N7O2S2. The van der Waals surface area contributed by atoms with Crippen LogP contribution >= 0.6 is 11.8 Å². The van der Waals surface area contributed by atoms with Crippen LogP contribution in [-0.2, 0) is 17.1 Å². The van der Waals surface area contributed by atoms with Gasteiger partial charge >= 0.3 is 0 Å². The van der Waals surface area contributed by atoms with Crippen molar-refractivity contribution >= 4 is 56.0 Å². The first-order chi connectivity index (χ1) is 14.8. The fraction of sp³-hybridized carbons (Fsp3) is 0.150. The van der Waals surface area contributed by atoms with E-state index in [4.69, 9.17) is 5.14 Å². The number of thioether (sulfide) groups is 1. The molecule has 0 aliphatic heterocycles. The number of nitrogens with zero attached hydrogens (tertiary/aromatic N) is 5. The number of anilines is 4. The molecule has 0 saturated heterocycles. The summed E-state index contributed by atoms with van der Waals surface area (Å²) in [5, 5.41) is 9.16. The number of hydrogen-bond acceptors (Lipinski definition) is 8. The van der Waals surface area contributed by atoms with E-state index in [-0.39, 0.29) is 4.90 Å².